The molecule has 3 rings (SSSR count). The Morgan fingerprint density at radius 2 is 2.05 bits per heavy atom. The highest BCUT2D eigenvalue weighted by atomic mass is 16.1. The van der Waals surface area contributed by atoms with Crippen molar-refractivity contribution < 1.29 is 4.79 Å². The topological polar surface area (TPSA) is 41.1 Å². The fraction of sp³-hybridized carbons (Fsp3) is 0.316. The van der Waals surface area contributed by atoms with E-state index in [4.69, 9.17) is 0 Å². The molecular weight excluding hydrogens is 272 g/mol. The second-order valence-electron chi connectivity index (χ2n) is 5.76. The van der Waals surface area contributed by atoms with E-state index in [1.54, 1.807) is 0 Å². The Morgan fingerprint density at radius 3 is 2.82 bits per heavy atom. The summed E-state index contributed by atoms with van der Waals surface area (Å²) >= 11 is 0. The first-order chi connectivity index (χ1) is 10.8. The summed E-state index contributed by atoms with van der Waals surface area (Å²) in [5, 5.41) is 6.47. The summed E-state index contributed by atoms with van der Waals surface area (Å²) in [6.45, 7) is 3.08. The van der Waals surface area contributed by atoms with E-state index >= 15 is 0 Å². The van der Waals surface area contributed by atoms with Crippen LogP contribution in [0.1, 0.15) is 36.8 Å². The van der Waals surface area contributed by atoms with Crippen LogP contribution >= 0.6 is 0 Å². The van der Waals surface area contributed by atoms with Crippen molar-refractivity contribution in [3.05, 3.63) is 59.7 Å². The highest BCUT2D eigenvalue weighted by Crippen LogP contribution is 2.27. The normalized spacial score (nSPS) is 14.6. The SMILES string of the molecule is CCC(C(=O)Nc1ccc2c(c1)CCCN2)c1ccccc1. The lowest BCUT2D eigenvalue weighted by Gasteiger charge is -2.20. The summed E-state index contributed by atoms with van der Waals surface area (Å²) in [4.78, 5) is 12.6. The molecule has 1 amide bonds. The number of anilines is 2. The van der Waals surface area contributed by atoms with Crippen LogP contribution < -0.4 is 10.6 Å². The molecular formula is C19H22N2O. The van der Waals surface area contributed by atoms with Crippen LogP contribution in [0.2, 0.25) is 0 Å². The summed E-state index contributed by atoms with van der Waals surface area (Å²) in [5.41, 5.74) is 4.44. The molecule has 0 bridgehead atoms. The molecule has 0 radical (unpaired) electrons. The van der Waals surface area contributed by atoms with E-state index in [2.05, 4.69) is 22.8 Å². The largest absolute Gasteiger partial charge is 0.385 e. The number of hydrogen-bond acceptors (Lipinski definition) is 2. The average molecular weight is 294 g/mol. The monoisotopic (exact) mass is 294 g/mol. The number of benzene rings is 2. The van der Waals surface area contributed by atoms with Gasteiger partial charge < -0.3 is 10.6 Å². The van der Waals surface area contributed by atoms with Crippen molar-refractivity contribution in [1.29, 1.82) is 0 Å². The van der Waals surface area contributed by atoms with Gasteiger partial charge in [-0.3, -0.25) is 4.79 Å². The van der Waals surface area contributed by atoms with Crippen LogP contribution in [-0.2, 0) is 11.2 Å². The number of fused-ring (bicyclic) bond motifs is 1. The number of nitrogens with one attached hydrogen (secondary N) is 2. The van der Waals surface area contributed by atoms with Gasteiger partial charge in [-0.1, -0.05) is 37.3 Å². The van der Waals surface area contributed by atoms with Crippen LogP contribution in [0.25, 0.3) is 0 Å². The zero-order valence-corrected chi connectivity index (χ0v) is 12.9. The molecule has 0 aliphatic carbocycles. The maximum Gasteiger partial charge on any atom is 0.231 e. The van der Waals surface area contributed by atoms with E-state index in [0.717, 1.165) is 37.1 Å². The van der Waals surface area contributed by atoms with Gasteiger partial charge in [0.05, 0.1) is 5.92 Å². The molecule has 0 spiro atoms. The van der Waals surface area contributed by atoms with Crippen molar-refractivity contribution in [2.75, 3.05) is 17.2 Å². The van der Waals surface area contributed by atoms with Crippen LogP contribution in [0.5, 0.6) is 0 Å². The molecule has 114 valence electrons. The standard InChI is InChI=1S/C19H22N2O/c1-2-17(14-7-4-3-5-8-14)19(22)21-16-10-11-18-15(13-16)9-6-12-20-18/h3-5,7-8,10-11,13,17,20H,2,6,9,12H2,1H3,(H,21,22). The number of carbonyl (C=O) groups excluding carboxylic acids is 1. The predicted molar refractivity (Wildman–Crippen MR) is 91.4 cm³/mol. The van der Waals surface area contributed by atoms with E-state index < -0.39 is 0 Å². The lowest BCUT2D eigenvalue weighted by atomic mass is 9.95. The van der Waals surface area contributed by atoms with Gasteiger partial charge in [0.15, 0.2) is 0 Å². The fourth-order valence-corrected chi connectivity index (χ4v) is 3.04. The Morgan fingerprint density at radius 1 is 1.23 bits per heavy atom. The van der Waals surface area contributed by atoms with Crippen molar-refractivity contribution >= 4 is 17.3 Å². The molecule has 22 heavy (non-hydrogen) atoms. The van der Waals surface area contributed by atoms with Crippen LogP contribution in [0.15, 0.2) is 48.5 Å². The molecule has 0 saturated heterocycles. The highest BCUT2D eigenvalue weighted by Gasteiger charge is 2.19. The molecule has 0 aromatic heterocycles. The van der Waals surface area contributed by atoms with E-state index in [1.807, 2.05) is 43.3 Å². The lowest BCUT2D eigenvalue weighted by molar-refractivity contribution is -0.117. The molecule has 3 nitrogen and oxygen atoms in total. The summed E-state index contributed by atoms with van der Waals surface area (Å²) in [7, 11) is 0. The number of aryl methyl sites for hydroxylation is 1. The van der Waals surface area contributed by atoms with Crippen molar-refractivity contribution in [1.82, 2.24) is 0 Å². The van der Waals surface area contributed by atoms with Gasteiger partial charge in [-0.2, -0.15) is 0 Å². The third-order valence-electron chi connectivity index (χ3n) is 4.24. The third kappa shape index (κ3) is 3.14. The van der Waals surface area contributed by atoms with Gasteiger partial charge in [0.2, 0.25) is 5.91 Å². The van der Waals surface area contributed by atoms with Crippen molar-refractivity contribution in [3.63, 3.8) is 0 Å². The first-order valence-corrected chi connectivity index (χ1v) is 8.00. The number of carbonyl (C=O) groups is 1. The molecule has 2 aromatic carbocycles. The third-order valence-corrected chi connectivity index (χ3v) is 4.24. The maximum absolute atomic E-state index is 12.6. The average Bonchev–Trinajstić information content (AvgIpc) is 2.56. The van der Waals surface area contributed by atoms with Crippen molar-refractivity contribution in [3.8, 4) is 0 Å². The van der Waals surface area contributed by atoms with Crippen LogP contribution in [0.3, 0.4) is 0 Å². The molecule has 1 aliphatic rings. The van der Waals surface area contributed by atoms with Crippen LogP contribution in [-0.4, -0.2) is 12.5 Å². The second-order valence-corrected chi connectivity index (χ2v) is 5.76. The summed E-state index contributed by atoms with van der Waals surface area (Å²) < 4.78 is 0. The summed E-state index contributed by atoms with van der Waals surface area (Å²) in [6, 6.07) is 16.1. The van der Waals surface area contributed by atoms with Crippen LogP contribution in [0, 0.1) is 0 Å². The minimum Gasteiger partial charge on any atom is -0.385 e. The molecule has 1 aliphatic heterocycles. The first kappa shape index (κ1) is 14.6. The molecule has 3 heteroatoms. The Balaban J connectivity index is 1.76. The molecule has 0 saturated carbocycles. The van der Waals surface area contributed by atoms with Gasteiger partial charge in [-0.15, -0.1) is 0 Å². The van der Waals surface area contributed by atoms with E-state index in [-0.39, 0.29) is 11.8 Å². The van der Waals surface area contributed by atoms with Gasteiger partial charge in [0.1, 0.15) is 0 Å². The zero-order valence-electron chi connectivity index (χ0n) is 12.9. The predicted octanol–water partition coefficient (Wildman–Crippen LogP) is 4.18. The minimum atomic E-state index is -0.102. The Kier molecular flexibility index (Phi) is 4.42. The Labute approximate surface area is 131 Å². The van der Waals surface area contributed by atoms with Gasteiger partial charge in [0, 0.05) is 17.9 Å². The molecule has 2 aromatic rings. The first-order valence-electron chi connectivity index (χ1n) is 8.00. The zero-order chi connectivity index (χ0) is 15.4. The molecule has 0 fully saturated rings. The number of amides is 1. The van der Waals surface area contributed by atoms with Gasteiger partial charge in [-0.25, -0.2) is 0 Å². The smallest absolute Gasteiger partial charge is 0.231 e. The Hall–Kier alpha value is -2.29. The molecule has 1 unspecified atom stereocenters. The van der Waals surface area contributed by atoms with Gasteiger partial charge in [0.25, 0.3) is 0 Å². The Bertz CT molecular complexity index is 652. The molecule has 1 heterocycles. The minimum absolute atomic E-state index is 0.0671. The van der Waals surface area contributed by atoms with Crippen molar-refractivity contribution in [2.24, 2.45) is 0 Å². The van der Waals surface area contributed by atoms with Gasteiger partial charge in [-0.05, 0) is 48.6 Å². The maximum atomic E-state index is 12.6. The fourth-order valence-electron chi connectivity index (χ4n) is 3.04. The van der Waals surface area contributed by atoms with E-state index in [0.29, 0.717) is 0 Å². The van der Waals surface area contributed by atoms with Gasteiger partial charge >= 0.3 is 0 Å². The summed E-state index contributed by atoms with van der Waals surface area (Å²) in [5.74, 6) is -0.0345. The lowest BCUT2D eigenvalue weighted by Crippen LogP contribution is -2.21. The van der Waals surface area contributed by atoms with E-state index in [1.165, 1.54) is 11.3 Å². The second kappa shape index (κ2) is 6.65. The number of rotatable bonds is 4. The highest BCUT2D eigenvalue weighted by molar-refractivity contribution is 5.96. The van der Waals surface area contributed by atoms with Crippen LogP contribution in [0.4, 0.5) is 11.4 Å². The molecule has 1 atom stereocenters. The quantitative estimate of drug-likeness (QED) is 0.888. The number of hydrogen-bond donors (Lipinski definition) is 2. The van der Waals surface area contributed by atoms with Crippen molar-refractivity contribution in [2.45, 2.75) is 32.1 Å². The molecule has 2 N–H and O–H groups in total. The summed E-state index contributed by atoms with van der Waals surface area (Å²) in [6.07, 6.45) is 3.01. The van der Waals surface area contributed by atoms with E-state index in [9.17, 15) is 4.79 Å².